The van der Waals surface area contributed by atoms with Crippen molar-refractivity contribution in [2.24, 2.45) is 0 Å². The molecule has 0 bridgehead atoms. The predicted molar refractivity (Wildman–Crippen MR) is 83.0 cm³/mol. The molecule has 22 heavy (non-hydrogen) atoms. The quantitative estimate of drug-likeness (QED) is 0.757. The molecule has 3 aromatic rings. The van der Waals surface area contributed by atoms with Gasteiger partial charge in [0.25, 0.3) is 5.89 Å². The van der Waals surface area contributed by atoms with Crippen molar-refractivity contribution in [1.82, 2.24) is 25.2 Å². The molecule has 114 valence electrons. The Bertz CT molecular complexity index is 692. The van der Waals surface area contributed by atoms with E-state index in [-0.39, 0.29) is 12.1 Å². The fraction of sp³-hybridized carbons (Fsp3) is 0.312. The summed E-state index contributed by atoms with van der Waals surface area (Å²) in [6.07, 6.45) is 3.75. The summed E-state index contributed by atoms with van der Waals surface area (Å²) < 4.78 is 7.23. The Morgan fingerprint density at radius 3 is 2.73 bits per heavy atom. The molecule has 3 rings (SSSR count). The first-order valence-corrected chi connectivity index (χ1v) is 7.34. The maximum atomic E-state index is 5.30. The van der Waals surface area contributed by atoms with Crippen LogP contribution in [-0.2, 0) is 6.54 Å². The van der Waals surface area contributed by atoms with Crippen molar-refractivity contribution in [3.8, 4) is 11.5 Å². The van der Waals surface area contributed by atoms with E-state index in [0.29, 0.717) is 18.3 Å². The van der Waals surface area contributed by atoms with Gasteiger partial charge in [-0.15, -0.1) is 0 Å². The van der Waals surface area contributed by atoms with Gasteiger partial charge in [0.05, 0.1) is 12.6 Å². The zero-order valence-electron chi connectivity index (χ0n) is 12.7. The summed E-state index contributed by atoms with van der Waals surface area (Å²) in [6.45, 7) is 4.80. The van der Waals surface area contributed by atoms with E-state index in [1.165, 1.54) is 0 Å². The molecule has 0 amide bonds. The number of hydrogen-bond donors (Lipinski definition) is 1. The Kier molecular flexibility index (Phi) is 4.29. The zero-order valence-corrected chi connectivity index (χ0v) is 12.7. The Balaban J connectivity index is 1.59. The van der Waals surface area contributed by atoms with Crippen LogP contribution in [0.3, 0.4) is 0 Å². The van der Waals surface area contributed by atoms with Crippen LogP contribution >= 0.6 is 0 Å². The van der Waals surface area contributed by atoms with Crippen LogP contribution in [-0.4, -0.2) is 26.0 Å². The summed E-state index contributed by atoms with van der Waals surface area (Å²) in [5, 5.41) is 11.7. The van der Waals surface area contributed by atoms with Crippen molar-refractivity contribution >= 4 is 0 Å². The van der Waals surface area contributed by atoms with Crippen molar-refractivity contribution in [3.05, 3.63) is 54.6 Å². The van der Waals surface area contributed by atoms with E-state index in [4.69, 9.17) is 4.52 Å². The normalized spacial score (nSPS) is 13.9. The van der Waals surface area contributed by atoms with Crippen molar-refractivity contribution < 1.29 is 4.52 Å². The van der Waals surface area contributed by atoms with Crippen molar-refractivity contribution in [3.63, 3.8) is 0 Å². The van der Waals surface area contributed by atoms with Gasteiger partial charge in [-0.1, -0.05) is 23.4 Å². The number of nitrogens with one attached hydrogen (secondary N) is 1. The van der Waals surface area contributed by atoms with Crippen LogP contribution in [0.2, 0.25) is 0 Å². The van der Waals surface area contributed by atoms with Crippen LogP contribution in [0, 0.1) is 0 Å². The van der Waals surface area contributed by atoms with Gasteiger partial charge in [0, 0.05) is 24.0 Å². The standard InChI is InChI=1S/C16H19N5O/c1-12(13(2)21-10-6-9-18-21)17-11-15-19-16(22-20-15)14-7-4-3-5-8-14/h3-10,12-13,17H,11H2,1-2H3. The van der Waals surface area contributed by atoms with Gasteiger partial charge in [0.2, 0.25) is 0 Å². The number of rotatable bonds is 6. The average molecular weight is 297 g/mol. The third-order valence-corrected chi connectivity index (χ3v) is 3.74. The molecule has 2 atom stereocenters. The van der Waals surface area contributed by atoms with Crippen LogP contribution in [0.1, 0.15) is 25.7 Å². The molecule has 0 saturated heterocycles. The molecule has 1 N–H and O–H groups in total. The second-order valence-electron chi connectivity index (χ2n) is 5.28. The van der Waals surface area contributed by atoms with E-state index in [2.05, 4.69) is 34.4 Å². The summed E-state index contributed by atoms with van der Waals surface area (Å²) in [6, 6.07) is 12.2. The highest BCUT2D eigenvalue weighted by molar-refractivity contribution is 5.51. The molecule has 0 radical (unpaired) electrons. The first-order chi connectivity index (χ1) is 10.7. The van der Waals surface area contributed by atoms with Crippen LogP contribution in [0.5, 0.6) is 0 Å². The molecule has 6 heteroatoms. The van der Waals surface area contributed by atoms with Gasteiger partial charge >= 0.3 is 0 Å². The minimum absolute atomic E-state index is 0.235. The van der Waals surface area contributed by atoms with E-state index in [0.717, 1.165) is 5.56 Å². The Morgan fingerprint density at radius 1 is 1.18 bits per heavy atom. The Hall–Kier alpha value is -2.47. The smallest absolute Gasteiger partial charge is 0.257 e. The largest absolute Gasteiger partial charge is 0.334 e. The van der Waals surface area contributed by atoms with Crippen molar-refractivity contribution in [2.45, 2.75) is 32.5 Å². The monoisotopic (exact) mass is 297 g/mol. The molecule has 0 aliphatic heterocycles. The lowest BCUT2D eigenvalue weighted by Crippen LogP contribution is -2.33. The fourth-order valence-electron chi connectivity index (χ4n) is 2.20. The van der Waals surface area contributed by atoms with Crippen molar-refractivity contribution in [1.29, 1.82) is 0 Å². The highest BCUT2D eigenvalue weighted by Gasteiger charge is 2.15. The third kappa shape index (κ3) is 3.23. The minimum atomic E-state index is 0.235. The molecule has 2 aromatic heterocycles. The number of nitrogens with zero attached hydrogens (tertiary/aromatic N) is 4. The molecule has 0 aliphatic carbocycles. The van der Waals surface area contributed by atoms with Gasteiger partial charge in [-0.25, -0.2) is 0 Å². The summed E-state index contributed by atoms with van der Waals surface area (Å²) in [5.41, 5.74) is 0.930. The second-order valence-corrected chi connectivity index (χ2v) is 5.28. The average Bonchev–Trinajstić information content (AvgIpc) is 3.24. The summed E-state index contributed by atoms with van der Waals surface area (Å²) >= 11 is 0. The number of aromatic nitrogens is 4. The van der Waals surface area contributed by atoms with Crippen LogP contribution in [0.15, 0.2) is 53.3 Å². The molecule has 2 heterocycles. The first-order valence-electron chi connectivity index (χ1n) is 7.34. The van der Waals surface area contributed by atoms with Gasteiger partial charge in [-0.3, -0.25) is 4.68 Å². The van der Waals surface area contributed by atoms with Gasteiger partial charge in [0.15, 0.2) is 5.82 Å². The highest BCUT2D eigenvalue weighted by atomic mass is 16.5. The fourth-order valence-corrected chi connectivity index (χ4v) is 2.20. The van der Waals surface area contributed by atoms with E-state index >= 15 is 0 Å². The molecule has 2 unspecified atom stereocenters. The lowest BCUT2D eigenvalue weighted by Gasteiger charge is -2.20. The highest BCUT2D eigenvalue weighted by Crippen LogP contribution is 2.16. The molecule has 6 nitrogen and oxygen atoms in total. The maximum Gasteiger partial charge on any atom is 0.257 e. The van der Waals surface area contributed by atoms with Crippen LogP contribution in [0.4, 0.5) is 0 Å². The van der Waals surface area contributed by atoms with E-state index < -0.39 is 0 Å². The van der Waals surface area contributed by atoms with E-state index in [9.17, 15) is 0 Å². The van der Waals surface area contributed by atoms with Crippen molar-refractivity contribution in [2.75, 3.05) is 0 Å². The second kappa shape index (κ2) is 6.53. The summed E-state index contributed by atoms with van der Waals surface area (Å²) in [5.74, 6) is 1.20. The number of hydrogen-bond acceptors (Lipinski definition) is 5. The first kappa shape index (κ1) is 14.5. The SMILES string of the molecule is CC(NCc1noc(-c2ccccc2)n1)C(C)n1cccn1. The maximum absolute atomic E-state index is 5.30. The molecular formula is C16H19N5O. The molecule has 0 fully saturated rings. The van der Waals surface area contributed by atoms with Gasteiger partial charge in [-0.2, -0.15) is 10.1 Å². The van der Waals surface area contributed by atoms with Gasteiger partial charge in [0.1, 0.15) is 0 Å². The molecule has 0 spiro atoms. The lowest BCUT2D eigenvalue weighted by atomic mass is 10.2. The molecular weight excluding hydrogens is 278 g/mol. The Morgan fingerprint density at radius 2 is 2.00 bits per heavy atom. The predicted octanol–water partition coefficient (Wildman–Crippen LogP) is 2.67. The van der Waals surface area contributed by atoms with Crippen LogP contribution in [0.25, 0.3) is 11.5 Å². The van der Waals surface area contributed by atoms with E-state index in [1.807, 2.05) is 47.3 Å². The van der Waals surface area contributed by atoms with Gasteiger partial charge in [-0.05, 0) is 32.0 Å². The molecule has 1 aromatic carbocycles. The summed E-state index contributed by atoms with van der Waals surface area (Å²) in [7, 11) is 0. The van der Waals surface area contributed by atoms with E-state index in [1.54, 1.807) is 6.20 Å². The molecule has 0 saturated carbocycles. The number of benzene rings is 1. The minimum Gasteiger partial charge on any atom is -0.334 e. The van der Waals surface area contributed by atoms with Gasteiger partial charge < -0.3 is 9.84 Å². The lowest BCUT2D eigenvalue weighted by molar-refractivity contribution is 0.357. The topological polar surface area (TPSA) is 68.8 Å². The zero-order chi connectivity index (χ0) is 15.4. The van der Waals surface area contributed by atoms with Crippen LogP contribution < -0.4 is 5.32 Å². The molecule has 0 aliphatic rings. The summed E-state index contributed by atoms with van der Waals surface area (Å²) in [4.78, 5) is 4.41. The Labute approximate surface area is 129 Å². The third-order valence-electron chi connectivity index (χ3n) is 3.74.